The molecular formula is C8H13ClN2O. The molecular weight excluding hydrogens is 176 g/mol. The highest BCUT2D eigenvalue weighted by molar-refractivity contribution is 6.28. The summed E-state index contributed by atoms with van der Waals surface area (Å²) in [6, 6.07) is 3.41. The van der Waals surface area contributed by atoms with E-state index in [1.54, 1.807) is 12.1 Å². The zero-order valence-corrected chi connectivity index (χ0v) is 7.55. The van der Waals surface area contributed by atoms with Gasteiger partial charge in [-0.1, -0.05) is 0 Å². The zero-order chi connectivity index (χ0) is 8.97. The summed E-state index contributed by atoms with van der Waals surface area (Å²) >= 11 is 5.59. The summed E-state index contributed by atoms with van der Waals surface area (Å²) in [5.74, 6) is 0.730. The third kappa shape index (κ3) is 2.52. The molecule has 1 heterocycles. The molecule has 0 aliphatic heterocycles. The van der Waals surface area contributed by atoms with E-state index in [9.17, 15) is 0 Å². The molecule has 0 unspecified atom stereocenters. The van der Waals surface area contributed by atoms with Crippen LogP contribution in [0.3, 0.4) is 0 Å². The molecule has 1 atom stereocenters. The topological polar surface area (TPSA) is 65.2 Å². The van der Waals surface area contributed by atoms with Crippen molar-refractivity contribution in [1.29, 1.82) is 0 Å². The fraction of sp³-hybridized carbons (Fsp3) is 0.500. The average molecular weight is 189 g/mol. The molecule has 68 valence electrons. The lowest BCUT2D eigenvalue weighted by molar-refractivity contribution is 0.448. The van der Waals surface area contributed by atoms with Gasteiger partial charge in [-0.3, -0.25) is 0 Å². The van der Waals surface area contributed by atoms with Gasteiger partial charge in [-0.2, -0.15) is 0 Å². The van der Waals surface area contributed by atoms with Crippen LogP contribution in [0.5, 0.6) is 0 Å². The molecule has 0 bridgehead atoms. The van der Waals surface area contributed by atoms with E-state index in [1.165, 1.54) is 0 Å². The second-order valence-electron chi connectivity index (χ2n) is 2.68. The minimum Gasteiger partial charge on any atom is -0.448 e. The van der Waals surface area contributed by atoms with Crippen molar-refractivity contribution < 1.29 is 4.42 Å². The lowest BCUT2D eigenvalue weighted by Gasteiger charge is -2.06. The van der Waals surface area contributed by atoms with E-state index in [0.29, 0.717) is 11.8 Å². The van der Waals surface area contributed by atoms with Crippen LogP contribution in [0, 0.1) is 0 Å². The van der Waals surface area contributed by atoms with Crippen molar-refractivity contribution in [3.05, 3.63) is 23.1 Å². The molecule has 0 spiro atoms. The number of rotatable bonds is 4. The summed E-state index contributed by atoms with van der Waals surface area (Å²) in [6.07, 6.45) is 1.74. The lowest BCUT2D eigenvalue weighted by Crippen LogP contribution is -2.11. The number of hydrogen-bond acceptors (Lipinski definition) is 3. The van der Waals surface area contributed by atoms with E-state index in [2.05, 4.69) is 0 Å². The van der Waals surface area contributed by atoms with Crippen molar-refractivity contribution >= 4 is 11.6 Å². The molecule has 0 saturated carbocycles. The highest BCUT2D eigenvalue weighted by Gasteiger charge is 2.09. The highest BCUT2D eigenvalue weighted by Crippen LogP contribution is 2.20. The predicted molar refractivity (Wildman–Crippen MR) is 48.9 cm³/mol. The second-order valence-corrected chi connectivity index (χ2v) is 3.05. The molecule has 0 radical (unpaired) electrons. The highest BCUT2D eigenvalue weighted by atomic mass is 35.5. The van der Waals surface area contributed by atoms with Crippen LogP contribution in [0.1, 0.15) is 24.6 Å². The fourth-order valence-electron chi connectivity index (χ4n) is 1.01. The number of halogens is 1. The Morgan fingerprint density at radius 1 is 1.50 bits per heavy atom. The first kappa shape index (κ1) is 9.58. The molecule has 1 aromatic heterocycles. The molecule has 0 fully saturated rings. The van der Waals surface area contributed by atoms with Crippen LogP contribution < -0.4 is 11.5 Å². The van der Waals surface area contributed by atoms with Gasteiger partial charge >= 0.3 is 0 Å². The van der Waals surface area contributed by atoms with Crippen LogP contribution in [0.4, 0.5) is 0 Å². The lowest BCUT2D eigenvalue weighted by atomic mass is 10.1. The second kappa shape index (κ2) is 4.50. The van der Waals surface area contributed by atoms with Crippen molar-refractivity contribution in [3.63, 3.8) is 0 Å². The largest absolute Gasteiger partial charge is 0.448 e. The summed E-state index contributed by atoms with van der Waals surface area (Å²) in [6.45, 7) is 0.655. The molecule has 0 aliphatic rings. The van der Waals surface area contributed by atoms with Crippen LogP contribution in [0.15, 0.2) is 16.5 Å². The Hall–Kier alpha value is -0.510. The van der Waals surface area contributed by atoms with Crippen molar-refractivity contribution in [1.82, 2.24) is 0 Å². The molecule has 1 rings (SSSR count). The zero-order valence-electron chi connectivity index (χ0n) is 6.79. The Bertz CT molecular complexity index is 237. The summed E-state index contributed by atoms with van der Waals surface area (Å²) in [7, 11) is 0. The first-order valence-electron chi connectivity index (χ1n) is 3.95. The summed E-state index contributed by atoms with van der Waals surface area (Å²) < 4.78 is 5.14. The SMILES string of the molecule is NCCC[C@H](N)c1ccc(Cl)o1. The molecule has 0 aliphatic carbocycles. The monoisotopic (exact) mass is 188 g/mol. The molecule has 3 nitrogen and oxygen atoms in total. The van der Waals surface area contributed by atoms with E-state index >= 15 is 0 Å². The maximum Gasteiger partial charge on any atom is 0.193 e. The fourth-order valence-corrected chi connectivity index (χ4v) is 1.16. The van der Waals surface area contributed by atoms with E-state index in [1.807, 2.05) is 0 Å². The Kier molecular flexibility index (Phi) is 3.59. The summed E-state index contributed by atoms with van der Waals surface area (Å²) in [5, 5.41) is 0.383. The van der Waals surface area contributed by atoms with Crippen LogP contribution in [0.2, 0.25) is 5.22 Å². The summed E-state index contributed by atoms with van der Waals surface area (Å²) in [4.78, 5) is 0. The maximum atomic E-state index is 5.79. The van der Waals surface area contributed by atoms with Crippen LogP contribution in [-0.2, 0) is 0 Å². The van der Waals surface area contributed by atoms with E-state index < -0.39 is 0 Å². The van der Waals surface area contributed by atoms with E-state index in [4.69, 9.17) is 27.5 Å². The van der Waals surface area contributed by atoms with Gasteiger partial charge in [0, 0.05) is 0 Å². The average Bonchev–Trinajstić information content (AvgIpc) is 2.47. The Morgan fingerprint density at radius 2 is 2.25 bits per heavy atom. The molecule has 12 heavy (non-hydrogen) atoms. The van der Waals surface area contributed by atoms with Gasteiger partial charge in [0.25, 0.3) is 0 Å². The van der Waals surface area contributed by atoms with E-state index in [-0.39, 0.29) is 6.04 Å². The first-order valence-corrected chi connectivity index (χ1v) is 4.32. The third-order valence-electron chi connectivity index (χ3n) is 1.68. The quantitative estimate of drug-likeness (QED) is 0.756. The van der Waals surface area contributed by atoms with E-state index in [0.717, 1.165) is 18.6 Å². The Balaban J connectivity index is 2.47. The van der Waals surface area contributed by atoms with Crippen molar-refractivity contribution in [2.24, 2.45) is 11.5 Å². The molecule has 1 aromatic rings. The predicted octanol–water partition coefficient (Wildman–Crippen LogP) is 1.67. The summed E-state index contributed by atoms with van der Waals surface area (Å²) in [5.41, 5.74) is 11.1. The van der Waals surface area contributed by atoms with Gasteiger partial charge < -0.3 is 15.9 Å². The van der Waals surface area contributed by atoms with Gasteiger partial charge in [0.2, 0.25) is 0 Å². The number of hydrogen-bond donors (Lipinski definition) is 2. The maximum absolute atomic E-state index is 5.79. The minimum atomic E-state index is -0.0824. The minimum absolute atomic E-state index is 0.0824. The molecule has 0 amide bonds. The van der Waals surface area contributed by atoms with Crippen LogP contribution in [0.25, 0.3) is 0 Å². The smallest absolute Gasteiger partial charge is 0.193 e. The van der Waals surface area contributed by atoms with Gasteiger partial charge in [-0.05, 0) is 43.1 Å². The molecule has 4 heteroatoms. The molecule has 4 N–H and O–H groups in total. The number of nitrogens with two attached hydrogens (primary N) is 2. The van der Waals surface area contributed by atoms with Gasteiger partial charge in [0.15, 0.2) is 5.22 Å². The van der Waals surface area contributed by atoms with Crippen molar-refractivity contribution in [3.8, 4) is 0 Å². The normalized spacial score (nSPS) is 13.2. The Labute approximate surface area is 76.7 Å². The standard InChI is InChI=1S/C8H13ClN2O/c9-8-4-3-7(12-8)6(11)2-1-5-10/h3-4,6H,1-2,5,10-11H2/t6-/m0/s1. The van der Waals surface area contributed by atoms with Gasteiger partial charge in [-0.25, -0.2) is 0 Å². The third-order valence-corrected chi connectivity index (χ3v) is 1.88. The first-order chi connectivity index (χ1) is 5.74. The van der Waals surface area contributed by atoms with Crippen LogP contribution in [-0.4, -0.2) is 6.54 Å². The van der Waals surface area contributed by atoms with Gasteiger partial charge in [0.05, 0.1) is 6.04 Å². The molecule has 0 saturated heterocycles. The van der Waals surface area contributed by atoms with Gasteiger partial charge in [-0.15, -0.1) is 0 Å². The van der Waals surface area contributed by atoms with Crippen molar-refractivity contribution in [2.45, 2.75) is 18.9 Å². The van der Waals surface area contributed by atoms with Crippen molar-refractivity contribution in [2.75, 3.05) is 6.54 Å². The van der Waals surface area contributed by atoms with Gasteiger partial charge in [0.1, 0.15) is 5.76 Å². The number of furan rings is 1. The van der Waals surface area contributed by atoms with Crippen LogP contribution >= 0.6 is 11.6 Å². The molecule has 0 aromatic carbocycles. The Morgan fingerprint density at radius 3 is 2.75 bits per heavy atom.